The Morgan fingerprint density at radius 1 is 1.16 bits per heavy atom. The fourth-order valence-corrected chi connectivity index (χ4v) is 3.61. The second kappa shape index (κ2) is 5.82. The first-order chi connectivity index (χ1) is 11.4. The maximum atomic E-state index is 13.8. The van der Waals surface area contributed by atoms with Gasteiger partial charge in [-0.2, -0.15) is 13.2 Å². The quantitative estimate of drug-likeness (QED) is 0.619. The lowest BCUT2D eigenvalue weighted by Crippen LogP contribution is -2.33. The van der Waals surface area contributed by atoms with Crippen LogP contribution in [0, 0.1) is 5.82 Å². The molecule has 2 nitrogen and oxygen atoms in total. The number of alkyl halides is 5. The lowest BCUT2D eigenvalue weighted by atomic mass is 9.89. The van der Waals surface area contributed by atoms with E-state index in [4.69, 9.17) is 23.2 Å². The molecule has 2 aromatic rings. The lowest BCUT2D eigenvalue weighted by Gasteiger charge is -2.29. The van der Waals surface area contributed by atoms with E-state index in [0.717, 1.165) is 22.8 Å². The molecule has 1 aromatic heterocycles. The fourth-order valence-electron chi connectivity index (χ4n) is 2.99. The van der Waals surface area contributed by atoms with Gasteiger partial charge in [0.1, 0.15) is 17.1 Å². The van der Waals surface area contributed by atoms with Gasteiger partial charge in [0, 0.05) is 22.7 Å². The van der Waals surface area contributed by atoms with Crippen molar-refractivity contribution in [3.8, 4) is 5.69 Å². The normalized spacial score (nSPS) is 19.8. The molecule has 25 heavy (non-hydrogen) atoms. The number of aromatic nitrogens is 1. The third-order valence-corrected chi connectivity index (χ3v) is 4.59. The van der Waals surface area contributed by atoms with Crippen LogP contribution in [0.4, 0.5) is 26.3 Å². The van der Waals surface area contributed by atoms with Crippen molar-refractivity contribution in [1.29, 1.82) is 0 Å². The van der Waals surface area contributed by atoms with Crippen molar-refractivity contribution in [3.63, 3.8) is 0 Å². The summed E-state index contributed by atoms with van der Waals surface area (Å²) in [6, 6.07) is 2.95. The number of fused-ring (bicyclic) bond motifs is 1. The summed E-state index contributed by atoms with van der Waals surface area (Å²) >= 11 is 11.5. The average Bonchev–Trinajstić information content (AvgIpc) is 2.75. The average molecular weight is 404 g/mol. The Balaban J connectivity index is 2.36. The van der Waals surface area contributed by atoms with Crippen LogP contribution in [0.15, 0.2) is 18.2 Å². The zero-order valence-electron chi connectivity index (χ0n) is 12.1. The van der Waals surface area contributed by atoms with Gasteiger partial charge in [0.05, 0.1) is 11.3 Å². The van der Waals surface area contributed by atoms with Crippen molar-refractivity contribution in [1.82, 2.24) is 4.57 Å². The van der Waals surface area contributed by atoms with E-state index in [1.165, 1.54) is 0 Å². The van der Waals surface area contributed by atoms with Crippen LogP contribution in [0.3, 0.4) is 0 Å². The first kappa shape index (κ1) is 18.4. The number of halogens is 8. The predicted molar refractivity (Wildman–Crippen MR) is 79.0 cm³/mol. The molecule has 0 saturated heterocycles. The number of benzene rings is 1. The van der Waals surface area contributed by atoms with E-state index >= 15 is 0 Å². The molecule has 0 bridgehead atoms. The molecule has 0 spiro atoms. The fraction of sp³-hybridized carbons (Fsp3) is 0.333. The summed E-state index contributed by atoms with van der Waals surface area (Å²) in [6.07, 6.45) is -9.11. The Kier molecular flexibility index (Phi) is 4.29. The minimum Gasteiger partial charge on any atom is -0.382 e. The highest BCUT2D eigenvalue weighted by molar-refractivity contribution is 6.31. The summed E-state index contributed by atoms with van der Waals surface area (Å²) in [6.45, 7) is 0. The monoisotopic (exact) mass is 403 g/mol. The molecule has 10 heteroatoms. The van der Waals surface area contributed by atoms with Gasteiger partial charge >= 0.3 is 6.18 Å². The van der Waals surface area contributed by atoms with Crippen molar-refractivity contribution in [3.05, 3.63) is 51.0 Å². The summed E-state index contributed by atoms with van der Waals surface area (Å²) in [5.41, 5.74) is -2.96. The molecule has 0 saturated carbocycles. The van der Waals surface area contributed by atoms with Crippen LogP contribution in [0.1, 0.15) is 29.3 Å². The maximum absolute atomic E-state index is 13.8. The zero-order chi connectivity index (χ0) is 18.7. The highest BCUT2D eigenvalue weighted by atomic mass is 35.5. The Bertz CT molecular complexity index is 825. The number of aliphatic hydroxyl groups excluding tert-OH is 1. The summed E-state index contributed by atoms with van der Waals surface area (Å²) in [4.78, 5) is 0. The molecule has 1 heterocycles. The number of hydrogen-bond acceptors (Lipinski definition) is 1. The Labute approximate surface area is 147 Å². The molecule has 1 aromatic carbocycles. The maximum Gasteiger partial charge on any atom is 0.419 e. The Hall–Kier alpha value is -1.38. The zero-order valence-corrected chi connectivity index (χ0v) is 13.7. The summed E-state index contributed by atoms with van der Waals surface area (Å²) < 4.78 is 82.1. The van der Waals surface area contributed by atoms with Gasteiger partial charge < -0.3 is 9.67 Å². The van der Waals surface area contributed by atoms with Crippen molar-refractivity contribution >= 4 is 23.2 Å². The second-order valence-corrected chi connectivity index (χ2v) is 6.45. The molecule has 1 aliphatic rings. The van der Waals surface area contributed by atoms with E-state index in [1.807, 2.05) is 0 Å². The van der Waals surface area contributed by atoms with Gasteiger partial charge in [-0.1, -0.05) is 23.2 Å². The number of nitrogens with zero attached hydrogens (tertiary/aromatic N) is 1. The number of aliphatic hydroxyl groups is 1. The van der Waals surface area contributed by atoms with Crippen molar-refractivity contribution in [2.75, 3.05) is 0 Å². The molecular weight excluding hydrogens is 395 g/mol. The van der Waals surface area contributed by atoms with Gasteiger partial charge in [0.15, 0.2) is 0 Å². The van der Waals surface area contributed by atoms with Gasteiger partial charge in [-0.25, -0.2) is 13.2 Å². The molecule has 0 fully saturated rings. The summed E-state index contributed by atoms with van der Waals surface area (Å²) in [5, 5.41) is 8.76. The minimum absolute atomic E-state index is 0.108. The van der Waals surface area contributed by atoms with Crippen molar-refractivity contribution < 1.29 is 31.4 Å². The molecule has 0 amide bonds. The summed E-state index contributed by atoms with van der Waals surface area (Å²) in [7, 11) is 0. The number of hydrogen-bond donors (Lipinski definition) is 1. The highest BCUT2D eigenvalue weighted by Crippen LogP contribution is 2.51. The van der Waals surface area contributed by atoms with E-state index in [2.05, 4.69) is 0 Å². The largest absolute Gasteiger partial charge is 0.419 e. The molecule has 136 valence electrons. The molecule has 0 unspecified atom stereocenters. The Morgan fingerprint density at radius 3 is 2.36 bits per heavy atom. The summed E-state index contributed by atoms with van der Waals surface area (Å²) in [5.74, 6) is -4.57. The van der Waals surface area contributed by atoms with E-state index < -0.39 is 53.1 Å². The second-order valence-electron chi connectivity index (χ2n) is 5.65. The SMILES string of the molecule is O[C@H]1c2c(C(F)(F)F)c(Cl)n(-c3cc(F)cc(Cl)c3)c2CCC1(F)F. The van der Waals surface area contributed by atoms with Crippen LogP contribution >= 0.6 is 23.2 Å². The predicted octanol–water partition coefficient (Wildman–Crippen LogP) is 5.56. The molecule has 3 rings (SSSR count). The van der Waals surface area contributed by atoms with Crippen LogP contribution in [0.25, 0.3) is 5.69 Å². The van der Waals surface area contributed by atoms with Crippen molar-refractivity contribution in [2.24, 2.45) is 0 Å². The number of rotatable bonds is 1. The van der Waals surface area contributed by atoms with Crippen molar-refractivity contribution in [2.45, 2.75) is 31.0 Å². The van der Waals surface area contributed by atoms with Gasteiger partial charge in [-0.15, -0.1) is 0 Å². The van der Waals surface area contributed by atoms with E-state index in [1.54, 1.807) is 0 Å². The molecule has 1 N–H and O–H groups in total. The van der Waals surface area contributed by atoms with Crippen LogP contribution in [-0.2, 0) is 12.6 Å². The van der Waals surface area contributed by atoms with E-state index in [0.29, 0.717) is 0 Å². The van der Waals surface area contributed by atoms with E-state index in [9.17, 15) is 31.4 Å². The first-order valence-corrected chi connectivity index (χ1v) is 7.71. The Morgan fingerprint density at radius 2 is 1.80 bits per heavy atom. The van der Waals surface area contributed by atoms with Crippen LogP contribution in [0.2, 0.25) is 10.2 Å². The van der Waals surface area contributed by atoms with Crippen LogP contribution in [0.5, 0.6) is 0 Å². The first-order valence-electron chi connectivity index (χ1n) is 6.96. The van der Waals surface area contributed by atoms with E-state index in [-0.39, 0.29) is 16.4 Å². The van der Waals surface area contributed by atoms with Crippen LogP contribution < -0.4 is 0 Å². The molecular formula is C15H9Cl2F6NO. The van der Waals surface area contributed by atoms with Gasteiger partial charge in [-0.05, 0) is 24.6 Å². The third kappa shape index (κ3) is 3.00. The smallest absolute Gasteiger partial charge is 0.382 e. The topological polar surface area (TPSA) is 25.2 Å². The molecule has 0 aliphatic heterocycles. The van der Waals surface area contributed by atoms with Gasteiger partial charge in [0.25, 0.3) is 5.92 Å². The van der Waals surface area contributed by atoms with Gasteiger partial charge in [-0.3, -0.25) is 0 Å². The molecule has 1 atom stereocenters. The van der Waals surface area contributed by atoms with Crippen LogP contribution in [-0.4, -0.2) is 15.6 Å². The molecule has 0 radical (unpaired) electrons. The third-order valence-electron chi connectivity index (χ3n) is 4.01. The lowest BCUT2D eigenvalue weighted by molar-refractivity contribution is -0.147. The van der Waals surface area contributed by atoms with Gasteiger partial charge in [0.2, 0.25) is 0 Å². The highest BCUT2D eigenvalue weighted by Gasteiger charge is 2.52. The molecule has 1 aliphatic carbocycles. The minimum atomic E-state index is -5.09. The standard InChI is InChI=1S/C15H9Cl2F6NO/c16-6-3-7(18)5-8(4-6)24-9-1-2-14(19,20)12(25)10(9)11(13(24)17)15(21,22)23/h3-5,12,25H,1-2H2/t12-/m0/s1.